The summed E-state index contributed by atoms with van der Waals surface area (Å²) in [5.74, 6) is 1.49. The monoisotopic (exact) mass is 428 g/mol. The van der Waals surface area contributed by atoms with Gasteiger partial charge < -0.3 is 14.5 Å². The minimum absolute atomic E-state index is 0.119. The lowest BCUT2D eigenvalue weighted by Crippen LogP contribution is -2.11. The quantitative estimate of drug-likeness (QED) is 0.376. The van der Waals surface area contributed by atoms with Crippen LogP contribution < -0.4 is 10.1 Å². The number of nitrogens with zero attached hydrogens (tertiary/aromatic N) is 1. The summed E-state index contributed by atoms with van der Waals surface area (Å²) >= 11 is 2.85. The number of rotatable bonds is 7. The second kappa shape index (κ2) is 8.67. The molecule has 2 aromatic heterocycles. The molecule has 0 saturated carbocycles. The third kappa shape index (κ3) is 4.60. The van der Waals surface area contributed by atoms with Crippen molar-refractivity contribution in [2.75, 3.05) is 18.2 Å². The van der Waals surface area contributed by atoms with Crippen molar-refractivity contribution in [3.63, 3.8) is 0 Å². The van der Waals surface area contributed by atoms with Crippen LogP contribution in [0.4, 0.5) is 9.52 Å². The van der Waals surface area contributed by atoms with E-state index in [1.54, 1.807) is 19.2 Å². The molecular weight excluding hydrogens is 411 g/mol. The lowest BCUT2D eigenvalue weighted by molar-refractivity contribution is -0.115. The van der Waals surface area contributed by atoms with E-state index >= 15 is 0 Å². The fourth-order valence-electron chi connectivity index (χ4n) is 2.74. The molecule has 0 bridgehead atoms. The number of thiazole rings is 1. The van der Waals surface area contributed by atoms with E-state index in [-0.39, 0.29) is 11.7 Å². The van der Waals surface area contributed by atoms with E-state index in [1.807, 2.05) is 29.6 Å². The zero-order valence-corrected chi connectivity index (χ0v) is 17.1. The number of hydrogen-bond acceptors (Lipinski definition) is 6. The molecule has 2 aromatic carbocycles. The highest BCUT2D eigenvalue weighted by Gasteiger charge is 2.14. The molecule has 29 heavy (non-hydrogen) atoms. The van der Waals surface area contributed by atoms with Crippen molar-refractivity contribution < 1.29 is 18.3 Å². The Balaban J connectivity index is 1.36. The van der Waals surface area contributed by atoms with Crippen molar-refractivity contribution in [3.05, 3.63) is 59.7 Å². The summed E-state index contributed by atoms with van der Waals surface area (Å²) in [7, 11) is 1.60. The number of thioether (sulfide) groups is 1. The van der Waals surface area contributed by atoms with Gasteiger partial charge in [0.1, 0.15) is 11.5 Å². The lowest BCUT2D eigenvalue weighted by Gasteiger charge is -2.02. The van der Waals surface area contributed by atoms with Gasteiger partial charge in [-0.15, -0.1) is 23.1 Å². The molecule has 2 heterocycles. The maximum absolute atomic E-state index is 12.9. The summed E-state index contributed by atoms with van der Waals surface area (Å²) in [5, 5.41) is 6.10. The molecule has 1 amide bonds. The van der Waals surface area contributed by atoms with Crippen molar-refractivity contribution in [1.82, 2.24) is 4.98 Å². The number of para-hydroxylation sites is 1. The number of furan rings is 1. The van der Waals surface area contributed by atoms with Gasteiger partial charge in [0.2, 0.25) is 5.91 Å². The van der Waals surface area contributed by atoms with Crippen LogP contribution >= 0.6 is 23.1 Å². The van der Waals surface area contributed by atoms with Gasteiger partial charge in [0.05, 0.1) is 7.11 Å². The van der Waals surface area contributed by atoms with E-state index in [2.05, 4.69) is 10.3 Å². The van der Waals surface area contributed by atoms with Crippen LogP contribution in [0.2, 0.25) is 0 Å². The molecule has 8 heteroatoms. The van der Waals surface area contributed by atoms with Crippen LogP contribution in [0.5, 0.6) is 5.75 Å². The summed E-state index contributed by atoms with van der Waals surface area (Å²) in [6.45, 7) is 0. The number of carbonyl (C=O) groups is 1. The number of anilines is 1. The second-order valence-corrected chi connectivity index (χ2v) is 8.15. The first kappa shape index (κ1) is 19.5. The van der Waals surface area contributed by atoms with E-state index in [0.717, 1.165) is 10.3 Å². The summed E-state index contributed by atoms with van der Waals surface area (Å²) < 4.78 is 24.1. The van der Waals surface area contributed by atoms with Crippen LogP contribution in [0.1, 0.15) is 6.42 Å². The van der Waals surface area contributed by atoms with Gasteiger partial charge in [0, 0.05) is 27.8 Å². The molecular formula is C21H17FN2O3S2. The maximum Gasteiger partial charge on any atom is 0.226 e. The Morgan fingerprint density at radius 3 is 2.90 bits per heavy atom. The molecule has 0 saturated heterocycles. The van der Waals surface area contributed by atoms with E-state index in [1.165, 1.54) is 35.2 Å². The first-order valence-corrected chi connectivity index (χ1v) is 10.7. The van der Waals surface area contributed by atoms with Crippen LogP contribution in [0.15, 0.2) is 63.2 Å². The van der Waals surface area contributed by atoms with Gasteiger partial charge >= 0.3 is 0 Å². The number of halogens is 1. The molecule has 0 radical (unpaired) electrons. The van der Waals surface area contributed by atoms with Crippen molar-refractivity contribution in [2.24, 2.45) is 0 Å². The molecule has 4 aromatic rings. The summed E-state index contributed by atoms with van der Waals surface area (Å²) in [5.41, 5.74) is 1.32. The van der Waals surface area contributed by atoms with Gasteiger partial charge in [-0.1, -0.05) is 12.1 Å². The van der Waals surface area contributed by atoms with E-state index < -0.39 is 0 Å². The zero-order valence-electron chi connectivity index (χ0n) is 15.5. The summed E-state index contributed by atoms with van der Waals surface area (Å²) in [4.78, 5) is 17.5. The molecule has 4 rings (SSSR count). The molecule has 0 aliphatic rings. The number of amides is 1. The standard InChI is InChI=1S/C21H17FN2O3S2/c1-26-17-4-2-3-13-11-18(27-20(13)17)16-12-29-21(23-16)24-19(25)9-10-28-15-7-5-14(22)6-8-15/h2-8,11-12H,9-10H2,1H3,(H,23,24,25). The van der Waals surface area contributed by atoms with Crippen LogP contribution in [-0.2, 0) is 4.79 Å². The van der Waals surface area contributed by atoms with Gasteiger partial charge in [-0.25, -0.2) is 9.37 Å². The van der Waals surface area contributed by atoms with Gasteiger partial charge in [-0.05, 0) is 36.4 Å². The highest BCUT2D eigenvalue weighted by atomic mass is 32.2. The van der Waals surface area contributed by atoms with E-state index in [9.17, 15) is 9.18 Å². The Labute approximate surface area is 174 Å². The largest absolute Gasteiger partial charge is 0.493 e. The van der Waals surface area contributed by atoms with Crippen molar-refractivity contribution in [2.45, 2.75) is 11.3 Å². The Bertz CT molecular complexity index is 1140. The third-order valence-electron chi connectivity index (χ3n) is 4.14. The topological polar surface area (TPSA) is 64.4 Å². The van der Waals surface area contributed by atoms with Gasteiger partial charge in [-0.2, -0.15) is 0 Å². The highest BCUT2D eigenvalue weighted by Crippen LogP contribution is 2.34. The average molecular weight is 429 g/mol. The van der Waals surface area contributed by atoms with Crippen molar-refractivity contribution >= 4 is 45.1 Å². The number of aromatic nitrogens is 1. The number of hydrogen-bond donors (Lipinski definition) is 1. The first-order chi connectivity index (χ1) is 14.1. The smallest absolute Gasteiger partial charge is 0.226 e. The van der Waals surface area contributed by atoms with E-state index in [0.29, 0.717) is 40.1 Å². The fraction of sp³-hybridized carbons (Fsp3) is 0.143. The van der Waals surface area contributed by atoms with Crippen LogP contribution in [0, 0.1) is 5.82 Å². The molecule has 0 spiro atoms. The maximum atomic E-state index is 12.9. The number of fused-ring (bicyclic) bond motifs is 1. The number of carbonyl (C=O) groups excluding carboxylic acids is 1. The summed E-state index contributed by atoms with van der Waals surface area (Å²) in [6.07, 6.45) is 0.332. The minimum Gasteiger partial charge on any atom is -0.493 e. The molecule has 0 aliphatic carbocycles. The first-order valence-electron chi connectivity index (χ1n) is 8.83. The molecule has 5 nitrogen and oxygen atoms in total. The molecule has 0 fully saturated rings. The second-order valence-electron chi connectivity index (χ2n) is 6.13. The predicted molar refractivity (Wildman–Crippen MR) is 114 cm³/mol. The third-order valence-corrected chi connectivity index (χ3v) is 5.91. The fourth-order valence-corrected chi connectivity index (χ4v) is 4.31. The Morgan fingerprint density at radius 1 is 1.28 bits per heavy atom. The molecule has 0 unspecified atom stereocenters. The number of nitrogens with one attached hydrogen (secondary N) is 1. The van der Waals surface area contributed by atoms with Gasteiger partial charge in [-0.3, -0.25) is 4.79 Å². The molecule has 0 atom stereocenters. The molecule has 0 aliphatic heterocycles. The van der Waals surface area contributed by atoms with Crippen LogP contribution in [0.25, 0.3) is 22.4 Å². The SMILES string of the molecule is COc1cccc2cc(-c3csc(NC(=O)CCSc4ccc(F)cc4)n3)oc12. The Kier molecular flexibility index (Phi) is 5.82. The Hall–Kier alpha value is -2.84. The number of benzene rings is 2. The van der Waals surface area contributed by atoms with Gasteiger partial charge in [0.15, 0.2) is 22.2 Å². The normalized spacial score (nSPS) is 11.0. The minimum atomic E-state index is -0.269. The van der Waals surface area contributed by atoms with Crippen molar-refractivity contribution in [1.29, 1.82) is 0 Å². The number of ether oxygens (including phenoxy) is 1. The van der Waals surface area contributed by atoms with Crippen LogP contribution in [-0.4, -0.2) is 23.8 Å². The van der Waals surface area contributed by atoms with E-state index in [4.69, 9.17) is 9.15 Å². The Morgan fingerprint density at radius 2 is 2.10 bits per heavy atom. The molecule has 1 N–H and O–H groups in total. The average Bonchev–Trinajstić information content (AvgIpc) is 3.36. The summed E-state index contributed by atoms with van der Waals surface area (Å²) in [6, 6.07) is 13.8. The highest BCUT2D eigenvalue weighted by molar-refractivity contribution is 7.99. The van der Waals surface area contributed by atoms with Crippen molar-refractivity contribution in [3.8, 4) is 17.2 Å². The van der Waals surface area contributed by atoms with Crippen LogP contribution in [0.3, 0.4) is 0 Å². The number of methoxy groups -OCH3 is 1. The predicted octanol–water partition coefficient (Wildman–Crippen LogP) is 5.82. The zero-order chi connectivity index (χ0) is 20.2. The van der Waals surface area contributed by atoms with Gasteiger partial charge in [0.25, 0.3) is 0 Å². The molecule has 148 valence electrons. The lowest BCUT2D eigenvalue weighted by atomic mass is 10.2.